The summed E-state index contributed by atoms with van der Waals surface area (Å²) in [5.41, 5.74) is 1.56. The normalized spacial score (nSPS) is 13.9. The van der Waals surface area contributed by atoms with Gasteiger partial charge in [-0.3, -0.25) is 4.79 Å². The largest absolute Gasteiger partial charge is 0.449 e. The first-order chi connectivity index (χ1) is 16.2. The van der Waals surface area contributed by atoms with E-state index in [1.165, 1.54) is 0 Å². The van der Waals surface area contributed by atoms with Crippen LogP contribution < -0.4 is 15.4 Å². The van der Waals surface area contributed by atoms with Crippen LogP contribution in [0.3, 0.4) is 0 Å². The smallest absolute Gasteiger partial charge is 0.314 e. The second-order valence-corrected chi connectivity index (χ2v) is 8.93. The van der Waals surface area contributed by atoms with Gasteiger partial charge in [0.15, 0.2) is 0 Å². The van der Waals surface area contributed by atoms with Crippen LogP contribution in [0.25, 0.3) is 21.9 Å². The lowest BCUT2D eigenvalue weighted by Crippen LogP contribution is -2.29. The minimum atomic E-state index is -0.931. The minimum absolute atomic E-state index is 0.00686. The zero-order chi connectivity index (χ0) is 24.0. The molecule has 1 amide bonds. The molecule has 4 aromatic rings. The third kappa shape index (κ3) is 4.37. The van der Waals surface area contributed by atoms with Gasteiger partial charge in [0.05, 0.1) is 28.7 Å². The summed E-state index contributed by atoms with van der Waals surface area (Å²) in [5.74, 6) is 0.677. The highest BCUT2D eigenvalue weighted by Crippen LogP contribution is 2.38. The molecule has 5 rings (SSSR count). The standard InChI is InChI=1S/C23H21ClN6O4/c1-11-9-25-19-18-12-4-7-16(28-13(12)5-6-14(18)33-20(19)21(31)27-11)34-17-8-15(29-22(24)30-17)26-10-23(2,3)32/h4-8,25,32H,9-10H2,1-3H3,(H,26,29,30). The molecule has 0 saturated heterocycles. The van der Waals surface area contributed by atoms with Crippen molar-refractivity contribution < 1.29 is 19.1 Å². The molecule has 0 spiro atoms. The van der Waals surface area contributed by atoms with E-state index in [4.69, 9.17) is 20.8 Å². The van der Waals surface area contributed by atoms with E-state index in [9.17, 15) is 9.90 Å². The first-order valence-electron chi connectivity index (χ1n) is 10.5. The number of nitrogens with one attached hydrogen (secondary N) is 2. The Morgan fingerprint density at radius 3 is 2.82 bits per heavy atom. The molecule has 0 saturated carbocycles. The van der Waals surface area contributed by atoms with Crippen molar-refractivity contribution in [1.29, 1.82) is 0 Å². The highest BCUT2D eigenvalue weighted by Gasteiger charge is 2.25. The van der Waals surface area contributed by atoms with E-state index >= 15 is 0 Å². The molecule has 11 heteroatoms. The van der Waals surface area contributed by atoms with Crippen molar-refractivity contribution in [1.82, 2.24) is 15.0 Å². The highest BCUT2D eigenvalue weighted by atomic mass is 35.5. The maximum Gasteiger partial charge on any atom is 0.314 e. The first kappa shape index (κ1) is 22.1. The molecule has 3 N–H and O–H groups in total. The summed E-state index contributed by atoms with van der Waals surface area (Å²) in [7, 11) is 0. The third-order valence-corrected chi connectivity index (χ3v) is 5.26. The summed E-state index contributed by atoms with van der Waals surface area (Å²) < 4.78 is 11.6. The number of anilines is 2. The van der Waals surface area contributed by atoms with Gasteiger partial charge >= 0.3 is 5.91 Å². The van der Waals surface area contributed by atoms with E-state index in [1.54, 1.807) is 45.0 Å². The Balaban J connectivity index is 1.48. The fourth-order valence-electron chi connectivity index (χ4n) is 3.59. The SMILES string of the molecule is CC1=NC(=O)c2oc3ccc4nc(Oc5cc(NCC(C)(C)O)nc(Cl)n5)ccc4c3c2NC1. The molecular formula is C23H21ClN6O4. The number of pyridine rings is 1. The lowest BCUT2D eigenvalue weighted by molar-refractivity contribution is 0.0943. The molecule has 174 valence electrons. The van der Waals surface area contributed by atoms with Gasteiger partial charge in [-0.25, -0.2) is 15.0 Å². The maximum absolute atomic E-state index is 12.4. The Hall–Kier alpha value is -3.76. The molecule has 3 aromatic heterocycles. The van der Waals surface area contributed by atoms with Crippen LogP contribution in [0.5, 0.6) is 11.8 Å². The Kier molecular flexibility index (Phi) is 5.34. The molecule has 0 bridgehead atoms. The number of carbonyl (C=O) groups excluding carboxylic acids is 1. The van der Waals surface area contributed by atoms with E-state index in [0.717, 1.165) is 10.8 Å². The van der Waals surface area contributed by atoms with Crippen molar-refractivity contribution in [2.75, 3.05) is 23.7 Å². The summed E-state index contributed by atoms with van der Waals surface area (Å²) >= 11 is 6.04. The van der Waals surface area contributed by atoms with Crippen LogP contribution in [0.4, 0.5) is 11.5 Å². The molecule has 0 unspecified atom stereocenters. The molecule has 4 heterocycles. The number of benzene rings is 1. The number of furan rings is 1. The number of amides is 1. The van der Waals surface area contributed by atoms with Gasteiger partial charge in [-0.2, -0.15) is 4.98 Å². The van der Waals surface area contributed by atoms with E-state index in [1.807, 2.05) is 6.07 Å². The van der Waals surface area contributed by atoms with Crippen LogP contribution in [0.15, 0.2) is 39.7 Å². The van der Waals surface area contributed by atoms with E-state index in [0.29, 0.717) is 40.7 Å². The van der Waals surface area contributed by atoms with Crippen LogP contribution in [0.2, 0.25) is 5.28 Å². The quantitative estimate of drug-likeness (QED) is 0.354. The molecule has 34 heavy (non-hydrogen) atoms. The summed E-state index contributed by atoms with van der Waals surface area (Å²) in [5, 5.41) is 17.7. The van der Waals surface area contributed by atoms with Gasteiger partial charge in [0.1, 0.15) is 11.4 Å². The Morgan fingerprint density at radius 2 is 2.03 bits per heavy atom. The van der Waals surface area contributed by atoms with Gasteiger partial charge in [-0.15, -0.1) is 0 Å². The van der Waals surface area contributed by atoms with E-state index < -0.39 is 11.5 Å². The Bertz CT molecular complexity index is 1470. The average molecular weight is 481 g/mol. The predicted molar refractivity (Wildman–Crippen MR) is 129 cm³/mol. The lowest BCUT2D eigenvalue weighted by atomic mass is 10.1. The van der Waals surface area contributed by atoms with Gasteiger partial charge in [0.2, 0.25) is 22.8 Å². The fraction of sp³-hybridized carbons (Fsp3) is 0.261. The monoisotopic (exact) mass is 480 g/mol. The number of hydrogen-bond donors (Lipinski definition) is 3. The lowest BCUT2D eigenvalue weighted by Gasteiger charge is -2.18. The molecule has 0 fully saturated rings. The average Bonchev–Trinajstić information content (AvgIpc) is 3.08. The van der Waals surface area contributed by atoms with Crippen molar-refractivity contribution in [3.05, 3.63) is 41.4 Å². The van der Waals surface area contributed by atoms with Gasteiger partial charge in [0.25, 0.3) is 0 Å². The van der Waals surface area contributed by atoms with Crippen molar-refractivity contribution in [3.63, 3.8) is 0 Å². The molecular weight excluding hydrogens is 460 g/mol. The van der Waals surface area contributed by atoms with Crippen LogP contribution in [-0.4, -0.2) is 50.4 Å². The maximum atomic E-state index is 12.4. The third-order valence-electron chi connectivity index (χ3n) is 5.09. The van der Waals surface area contributed by atoms with Crippen molar-refractivity contribution in [2.24, 2.45) is 4.99 Å². The number of halogens is 1. The number of rotatable bonds is 5. The van der Waals surface area contributed by atoms with Crippen LogP contribution in [-0.2, 0) is 0 Å². The van der Waals surface area contributed by atoms with E-state index in [-0.39, 0.29) is 23.5 Å². The number of carbonyl (C=O) groups is 1. The summed E-state index contributed by atoms with van der Waals surface area (Å²) in [6.45, 7) is 5.84. The second-order valence-electron chi connectivity index (χ2n) is 8.60. The number of hydrogen-bond acceptors (Lipinski definition) is 9. The van der Waals surface area contributed by atoms with Crippen LogP contribution >= 0.6 is 11.6 Å². The molecule has 0 radical (unpaired) electrons. The van der Waals surface area contributed by atoms with Gasteiger partial charge < -0.3 is 24.9 Å². The Labute approximate surface area is 199 Å². The number of nitrogens with zero attached hydrogens (tertiary/aromatic N) is 4. The zero-order valence-corrected chi connectivity index (χ0v) is 19.4. The van der Waals surface area contributed by atoms with Crippen LogP contribution in [0.1, 0.15) is 31.3 Å². The zero-order valence-electron chi connectivity index (χ0n) is 18.6. The summed E-state index contributed by atoms with van der Waals surface area (Å²) in [6.07, 6.45) is 0. The Morgan fingerprint density at radius 1 is 1.21 bits per heavy atom. The van der Waals surface area contributed by atoms with Gasteiger partial charge in [0, 0.05) is 29.8 Å². The van der Waals surface area contributed by atoms with Crippen LogP contribution in [0, 0.1) is 0 Å². The molecule has 0 aliphatic carbocycles. The number of aliphatic hydroxyl groups is 1. The molecule has 1 aromatic carbocycles. The predicted octanol–water partition coefficient (Wildman–Crippen LogP) is 4.43. The number of ether oxygens (including phenoxy) is 1. The second kappa shape index (κ2) is 8.23. The minimum Gasteiger partial charge on any atom is -0.449 e. The van der Waals surface area contributed by atoms with Crippen molar-refractivity contribution in [3.8, 4) is 11.8 Å². The number of aromatic nitrogens is 3. The van der Waals surface area contributed by atoms with Crippen molar-refractivity contribution in [2.45, 2.75) is 26.4 Å². The molecule has 1 aliphatic heterocycles. The number of fused-ring (bicyclic) bond motifs is 5. The van der Waals surface area contributed by atoms with E-state index in [2.05, 4.69) is 30.6 Å². The fourth-order valence-corrected chi connectivity index (χ4v) is 3.77. The van der Waals surface area contributed by atoms with Gasteiger partial charge in [-0.05, 0) is 50.6 Å². The molecule has 0 atom stereocenters. The van der Waals surface area contributed by atoms with Gasteiger partial charge in [-0.1, -0.05) is 0 Å². The van der Waals surface area contributed by atoms with Crippen molar-refractivity contribution >= 4 is 56.6 Å². The first-order valence-corrected chi connectivity index (χ1v) is 10.9. The molecule has 10 nitrogen and oxygen atoms in total. The number of aliphatic imine (C=N–C) groups is 1. The highest BCUT2D eigenvalue weighted by molar-refractivity contribution is 6.28. The topological polar surface area (TPSA) is 135 Å². The molecule has 1 aliphatic rings. The summed E-state index contributed by atoms with van der Waals surface area (Å²) in [4.78, 5) is 29.2. The summed E-state index contributed by atoms with van der Waals surface area (Å²) in [6, 6.07) is 8.66.